The fourth-order valence-corrected chi connectivity index (χ4v) is 8.53. The highest BCUT2D eigenvalue weighted by molar-refractivity contribution is 5.87. The Bertz CT molecular complexity index is 2840. The molecule has 26 nitrogen and oxygen atoms in total. The molecule has 0 spiro atoms. The Kier molecular flexibility index (Phi) is 17.9. The molecular formula is C52H56O26. The number of aliphatic hydroxyl groups excluding tert-OH is 9. The molecule has 0 radical (unpaired) electrons. The number of ether oxygens (including phenoxy) is 10. The monoisotopic (exact) mass is 1100 g/mol. The number of methoxy groups -OCH3 is 1. The Morgan fingerprint density at radius 1 is 0.551 bits per heavy atom. The van der Waals surface area contributed by atoms with Gasteiger partial charge in [0, 0.05) is 29.8 Å². The van der Waals surface area contributed by atoms with Crippen molar-refractivity contribution in [1.82, 2.24) is 0 Å². The Hall–Kier alpha value is -7.28. The molecule has 16 atom stereocenters. The van der Waals surface area contributed by atoms with Crippen LogP contribution in [0.1, 0.15) is 28.4 Å². The van der Waals surface area contributed by atoms with Gasteiger partial charge in [-0.3, -0.25) is 0 Å². The van der Waals surface area contributed by atoms with Crippen LogP contribution in [0.15, 0.2) is 90.7 Å². The third kappa shape index (κ3) is 12.8. The molecule has 0 bridgehead atoms. The lowest BCUT2D eigenvalue weighted by Gasteiger charge is -2.46. The first-order valence-electron chi connectivity index (χ1n) is 23.9. The van der Waals surface area contributed by atoms with Crippen molar-refractivity contribution in [1.29, 1.82) is 0 Å². The van der Waals surface area contributed by atoms with Crippen molar-refractivity contribution in [3.63, 3.8) is 0 Å². The van der Waals surface area contributed by atoms with Crippen LogP contribution in [0.3, 0.4) is 0 Å². The lowest BCUT2D eigenvalue weighted by atomic mass is 9.97. The van der Waals surface area contributed by atoms with Crippen molar-refractivity contribution >= 4 is 30.2 Å². The Balaban J connectivity index is 1.10. The number of hydrogen-bond donors (Lipinski definition) is 14. The number of rotatable bonds is 17. The number of fused-ring (bicyclic) bond motifs is 1. The van der Waals surface area contributed by atoms with E-state index in [-0.39, 0.29) is 51.2 Å². The van der Waals surface area contributed by atoms with E-state index in [0.29, 0.717) is 5.56 Å². The summed E-state index contributed by atoms with van der Waals surface area (Å²) in [5, 5.41) is 149. The molecule has 78 heavy (non-hydrogen) atoms. The van der Waals surface area contributed by atoms with Crippen molar-refractivity contribution in [2.75, 3.05) is 26.9 Å². The molecule has 4 aromatic rings. The van der Waals surface area contributed by atoms with E-state index in [2.05, 4.69) is 0 Å². The number of esters is 2. The minimum absolute atomic E-state index is 0.0521. The third-order valence-corrected chi connectivity index (χ3v) is 12.8. The van der Waals surface area contributed by atoms with E-state index in [0.717, 1.165) is 24.3 Å². The largest absolute Gasteiger partial charge is 0.508 e. The van der Waals surface area contributed by atoms with E-state index in [1.165, 1.54) is 86.0 Å². The highest BCUT2D eigenvalue weighted by Crippen LogP contribution is 2.46. The van der Waals surface area contributed by atoms with E-state index >= 15 is 0 Å². The van der Waals surface area contributed by atoms with Crippen molar-refractivity contribution in [3.8, 4) is 46.0 Å². The van der Waals surface area contributed by atoms with Crippen LogP contribution in [-0.4, -0.2) is 202 Å². The van der Waals surface area contributed by atoms with Crippen molar-refractivity contribution in [2.24, 2.45) is 0 Å². The number of carbonyl (C=O) groups is 2. The lowest BCUT2D eigenvalue weighted by Crippen LogP contribution is -2.64. The van der Waals surface area contributed by atoms with Crippen molar-refractivity contribution < 1.29 is 128 Å². The molecule has 0 aliphatic carbocycles. The molecule has 0 aromatic heterocycles. The Morgan fingerprint density at radius 3 is 1.73 bits per heavy atom. The molecule has 4 aromatic carbocycles. The van der Waals surface area contributed by atoms with Gasteiger partial charge < -0.3 is 119 Å². The van der Waals surface area contributed by atoms with Crippen LogP contribution in [0.4, 0.5) is 0 Å². The van der Waals surface area contributed by atoms with Crippen LogP contribution in [0, 0.1) is 0 Å². The fraction of sp³-hybridized carbons (Fsp3) is 0.385. The van der Waals surface area contributed by atoms with Crippen molar-refractivity contribution in [2.45, 2.75) is 98.2 Å². The zero-order valence-corrected chi connectivity index (χ0v) is 40.8. The van der Waals surface area contributed by atoms with Crippen LogP contribution in [0.25, 0.3) is 18.2 Å². The summed E-state index contributed by atoms with van der Waals surface area (Å²) in [6.07, 6.45) is -23.9. The summed E-state index contributed by atoms with van der Waals surface area (Å²) in [4.78, 5) is 25.8. The number of carbonyl (C=O) groups excluding carboxylic acids is 2. The molecule has 8 rings (SSSR count). The van der Waals surface area contributed by atoms with Crippen LogP contribution in [0.5, 0.6) is 46.0 Å². The first kappa shape index (κ1) is 56.9. The van der Waals surface area contributed by atoms with Gasteiger partial charge in [0.1, 0.15) is 109 Å². The maximum atomic E-state index is 13.0. The predicted octanol–water partition coefficient (Wildman–Crippen LogP) is -0.954. The number of phenolic OH excluding ortho intramolecular Hbond substituents is 5. The first-order valence-corrected chi connectivity index (χ1v) is 23.9. The molecule has 0 saturated carbocycles. The lowest BCUT2D eigenvalue weighted by molar-refractivity contribution is -0.364. The van der Waals surface area contributed by atoms with E-state index in [1.807, 2.05) is 0 Å². The molecule has 4 aliphatic rings. The molecule has 14 N–H and O–H groups in total. The predicted molar refractivity (Wildman–Crippen MR) is 260 cm³/mol. The SMILES string of the molecule is COc1cc(/C=C/C(=O)OC[C@H]2O[C@@H](OC3=Cc4c(cc(O)cc4O[C@@H]4O[C@H](CO)[C@@H](O)[C@H](O)[C@H]4O)OC3c3ccc(O)cc3)[C@H](O[C@@H]3O[C@H](COC(=O)/C=C/c4ccc(O)c(O)c4)[C@@H](O)[C@H](O)[C@H]3O)[C@@H](O)[C@@H]2O)ccc1O. The quantitative estimate of drug-likeness (QED) is 0.0344. The van der Waals surface area contributed by atoms with Gasteiger partial charge in [0.15, 0.2) is 41.5 Å². The first-order chi connectivity index (χ1) is 37.2. The zero-order valence-electron chi connectivity index (χ0n) is 40.8. The average molecular weight is 1100 g/mol. The topological polar surface area (TPSA) is 410 Å². The van der Waals surface area contributed by atoms with Crippen LogP contribution in [0.2, 0.25) is 0 Å². The summed E-state index contributed by atoms with van der Waals surface area (Å²) < 4.78 is 58.0. The summed E-state index contributed by atoms with van der Waals surface area (Å²) in [5.41, 5.74) is 0.913. The molecule has 1 unspecified atom stereocenters. The highest BCUT2D eigenvalue weighted by atomic mass is 16.8. The third-order valence-electron chi connectivity index (χ3n) is 12.8. The minimum Gasteiger partial charge on any atom is -0.508 e. The summed E-state index contributed by atoms with van der Waals surface area (Å²) in [6, 6.07) is 15.6. The minimum atomic E-state index is -2.13. The number of phenols is 5. The van der Waals surface area contributed by atoms with Crippen LogP contribution in [-0.2, 0) is 42.7 Å². The van der Waals surface area contributed by atoms with Gasteiger partial charge in [-0.1, -0.05) is 24.3 Å². The van der Waals surface area contributed by atoms with E-state index in [4.69, 9.17) is 47.4 Å². The standard InChI is InChI=1S/C52H56O26/c1-69-33-15-23(3-11-29(33)57)5-13-39(60)71-21-37-42(63)45(66)49(78-51-47(68)44(65)41(62)36(76-51)20-70-38(59)12-4-22-2-10-28(56)30(58)14-22)52(77-37)74-34-18-27-31(72-48(34)24-6-8-25(54)9-7-24)16-26(55)17-32(27)73-50-46(67)43(64)40(61)35(19-53)75-50/h2-18,35-37,40-58,61-68H,19-21H2,1H3/b12-4+,13-5+/t35-,36-,37-,40-,41-,42-,43+,44+,45+,46-,47-,48?,49-,50-,51+,52-/m1/s1. The van der Waals surface area contributed by atoms with Gasteiger partial charge in [0.05, 0.1) is 19.3 Å². The van der Waals surface area contributed by atoms with Gasteiger partial charge in [0.25, 0.3) is 0 Å². The van der Waals surface area contributed by atoms with Crippen molar-refractivity contribution in [3.05, 3.63) is 113 Å². The van der Waals surface area contributed by atoms with Crippen LogP contribution >= 0.6 is 0 Å². The van der Waals surface area contributed by atoms with Gasteiger partial charge >= 0.3 is 11.9 Å². The normalized spacial score (nSPS) is 30.9. The molecule has 420 valence electrons. The van der Waals surface area contributed by atoms with Gasteiger partial charge in [-0.25, -0.2) is 9.59 Å². The van der Waals surface area contributed by atoms with E-state index in [1.54, 1.807) is 0 Å². The van der Waals surface area contributed by atoms with Gasteiger partial charge in [-0.15, -0.1) is 0 Å². The summed E-state index contributed by atoms with van der Waals surface area (Å²) >= 11 is 0. The smallest absolute Gasteiger partial charge is 0.330 e. The van der Waals surface area contributed by atoms with E-state index < -0.39 is 147 Å². The molecule has 0 amide bonds. The van der Waals surface area contributed by atoms with Gasteiger partial charge in [-0.2, -0.15) is 0 Å². The number of aromatic hydroxyl groups is 5. The summed E-state index contributed by atoms with van der Waals surface area (Å²) in [6.45, 7) is -2.35. The molecule has 4 aliphatic heterocycles. The Morgan fingerprint density at radius 2 is 1.12 bits per heavy atom. The molecule has 3 fully saturated rings. The Labute approximate surface area is 441 Å². The number of aliphatic hydroxyl groups is 9. The molecule has 26 heteroatoms. The molecular weight excluding hydrogens is 1040 g/mol. The maximum absolute atomic E-state index is 13.0. The maximum Gasteiger partial charge on any atom is 0.330 e. The second-order valence-electron chi connectivity index (χ2n) is 18.2. The molecule has 4 heterocycles. The summed E-state index contributed by atoms with van der Waals surface area (Å²) in [7, 11) is 1.33. The number of hydrogen-bond acceptors (Lipinski definition) is 26. The zero-order chi connectivity index (χ0) is 56.1. The van der Waals surface area contributed by atoms with Gasteiger partial charge in [0.2, 0.25) is 12.6 Å². The summed E-state index contributed by atoms with van der Waals surface area (Å²) in [5.74, 6) is -4.18. The number of benzene rings is 4. The fourth-order valence-electron chi connectivity index (χ4n) is 8.53. The second kappa shape index (κ2) is 24.6. The second-order valence-corrected chi connectivity index (χ2v) is 18.2. The molecule has 3 saturated heterocycles. The van der Waals surface area contributed by atoms with Gasteiger partial charge in [-0.05, 0) is 65.8 Å². The average Bonchev–Trinajstić information content (AvgIpc) is 3.48. The van der Waals surface area contributed by atoms with E-state index in [9.17, 15) is 81.1 Å². The highest BCUT2D eigenvalue weighted by Gasteiger charge is 2.53. The van der Waals surface area contributed by atoms with Crippen LogP contribution < -0.4 is 14.2 Å².